The Bertz CT molecular complexity index is 577. The number of rotatable bonds is 7. The Morgan fingerprint density at radius 1 is 1.45 bits per heavy atom. The minimum Gasteiger partial charge on any atom is -0.385 e. The Kier molecular flexibility index (Phi) is 4.03. The van der Waals surface area contributed by atoms with Crippen LogP contribution in [0, 0.1) is 5.82 Å². The first-order valence-corrected chi connectivity index (χ1v) is 7.30. The lowest BCUT2D eigenvalue weighted by Crippen LogP contribution is -2.23. The summed E-state index contributed by atoms with van der Waals surface area (Å²) < 4.78 is 19.2. The molecule has 1 fully saturated rings. The summed E-state index contributed by atoms with van der Waals surface area (Å²) >= 11 is 0. The minimum atomic E-state index is -0.145. The standard InChI is InChI=1S/C16H21FN2O/c1-20-9-3-6-14(19-11-7-8-11)12-10-18-15-5-2-4-13(17)16(12)15/h2,4-5,10-11,14,18-19H,3,6-9H2,1H3. The van der Waals surface area contributed by atoms with Crippen molar-refractivity contribution in [1.29, 1.82) is 0 Å². The van der Waals surface area contributed by atoms with Crippen LogP contribution in [0.4, 0.5) is 4.39 Å². The highest BCUT2D eigenvalue weighted by molar-refractivity contribution is 5.84. The second-order valence-corrected chi connectivity index (χ2v) is 5.53. The van der Waals surface area contributed by atoms with Crippen molar-refractivity contribution in [1.82, 2.24) is 10.3 Å². The average Bonchev–Trinajstić information content (AvgIpc) is 3.15. The first-order valence-electron chi connectivity index (χ1n) is 7.30. The monoisotopic (exact) mass is 276 g/mol. The number of hydrogen-bond acceptors (Lipinski definition) is 2. The number of ether oxygens (including phenoxy) is 1. The Balaban J connectivity index is 1.86. The number of halogens is 1. The van der Waals surface area contributed by atoms with Crippen LogP contribution in [-0.2, 0) is 4.74 Å². The van der Waals surface area contributed by atoms with Gasteiger partial charge in [0.15, 0.2) is 0 Å². The molecule has 0 bridgehead atoms. The molecule has 0 amide bonds. The van der Waals surface area contributed by atoms with E-state index in [4.69, 9.17) is 4.74 Å². The third kappa shape index (κ3) is 2.86. The molecular weight excluding hydrogens is 255 g/mol. The number of H-pyrrole nitrogens is 1. The lowest BCUT2D eigenvalue weighted by molar-refractivity contribution is 0.188. The van der Waals surface area contributed by atoms with Crippen molar-refractivity contribution in [2.75, 3.05) is 13.7 Å². The van der Waals surface area contributed by atoms with Gasteiger partial charge in [-0.2, -0.15) is 0 Å². The van der Waals surface area contributed by atoms with Gasteiger partial charge in [0.2, 0.25) is 0 Å². The van der Waals surface area contributed by atoms with E-state index in [2.05, 4.69) is 10.3 Å². The molecule has 1 heterocycles. The van der Waals surface area contributed by atoms with Crippen LogP contribution in [0.25, 0.3) is 10.9 Å². The summed E-state index contributed by atoms with van der Waals surface area (Å²) in [6.07, 6.45) is 6.34. The molecule has 0 saturated heterocycles. The Hall–Kier alpha value is -1.39. The normalized spacial score (nSPS) is 16.7. The van der Waals surface area contributed by atoms with E-state index in [0.717, 1.165) is 35.9 Å². The van der Waals surface area contributed by atoms with Crippen LogP contribution in [-0.4, -0.2) is 24.7 Å². The molecule has 108 valence electrons. The lowest BCUT2D eigenvalue weighted by Gasteiger charge is -2.18. The maximum atomic E-state index is 14.1. The van der Waals surface area contributed by atoms with Crippen molar-refractivity contribution in [3.8, 4) is 0 Å². The second-order valence-electron chi connectivity index (χ2n) is 5.53. The number of aromatic nitrogens is 1. The first-order chi connectivity index (χ1) is 9.79. The van der Waals surface area contributed by atoms with Crippen molar-refractivity contribution in [3.05, 3.63) is 35.8 Å². The van der Waals surface area contributed by atoms with E-state index in [0.29, 0.717) is 6.04 Å². The van der Waals surface area contributed by atoms with Crippen LogP contribution >= 0.6 is 0 Å². The molecule has 0 spiro atoms. The molecule has 0 aliphatic heterocycles. The number of aromatic amines is 1. The van der Waals surface area contributed by atoms with Gasteiger partial charge in [0, 0.05) is 42.9 Å². The van der Waals surface area contributed by atoms with E-state index in [-0.39, 0.29) is 11.9 Å². The molecule has 2 N–H and O–H groups in total. The van der Waals surface area contributed by atoms with E-state index in [1.54, 1.807) is 13.2 Å². The van der Waals surface area contributed by atoms with E-state index in [1.807, 2.05) is 12.3 Å². The van der Waals surface area contributed by atoms with Crippen LogP contribution in [0.2, 0.25) is 0 Å². The molecule has 0 radical (unpaired) electrons. The fourth-order valence-electron chi connectivity index (χ4n) is 2.74. The molecule has 1 saturated carbocycles. The van der Waals surface area contributed by atoms with E-state index < -0.39 is 0 Å². The quantitative estimate of drug-likeness (QED) is 0.759. The molecule has 3 nitrogen and oxygen atoms in total. The van der Waals surface area contributed by atoms with Gasteiger partial charge in [-0.25, -0.2) is 4.39 Å². The van der Waals surface area contributed by atoms with Gasteiger partial charge in [0.05, 0.1) is 0 Å². The molecule has 1 aliphatic rings. The van der Waals surface area contributed by atoms with Crippen LogP contribution in [0.3, 0.4) is 0 Å². The highest BCUT2D eigenvalue weighted by atomic mass is 19.1. The van der Waals surface area contributed by atoms with Gasteiger partial charge in [-0.1, -0.05) is 6.07 Å². The lowest BCUT2D eigenvalue weighted by atomic mass is 10.0. The number of nitrogens with one attached hydrogen (secondary N) is 2. The van der Waals surface area contributed by atoms with Gasteiger partial charge in [-0.15, -0.1) is 0 Å². The molecule has 1 aromatic heterocycles. The summed E-state index contributed by atoms with van der Waals surface area (Å²) in [6.45, 7) is 0.744. The summed E-state index contributed by atoms with van der Waals surface area (Å²) in [5.74, 6) is -0.145. The first kappa shape index (κ1) is 13.6. The molecule has 1 aromatic carbocycles. The van der Waals surface area contributed by atoms with Gasteiger partial charge < -0.3 is 15.0 Å². The van der Waals surface area contributed by atoms with Crippen LogP contribution in [0.1, 0.15) is 37.3 Å². The molecule has 1 unspecified atom stereocenters. The van der Waals surface area contributed by atoms with Crippen molar-refractivity contribution in [3.63, 3.8) is 0 Å². The largest absolute Gasteiger partial charge is 0.385 e. The predicted octanol–water partition coefficient (Wildman–Crippen LogP) is 3.53. The summed E-state index contributed by atoms with van der Waals surface area (Å²) in [5.41, 5.74) is 1.91. The van der Waals surface area contributed by atoms with Gasteiger partial charge in [-0.3, -0.25) is 0 Å². The number of benzene rings is 1. The molecule has 20 heavy (non-hydrogen) atoms. The highest BCUT2D eigenvalue weighted by Crippen LogP contribution is 2.32. The van der Waals surface area contributed by atoms with Crippen molar-refractivity contribution >= 4 is 10.9 Å². The van der Waals surface area contributed by atoms with Crippen LogP contribution in [0.15, 0.2) is 24.4 Å². The van der Waals surface area contributed by atoms with Crippen molar-refractivity contribution in [2.45, 2.75) is 37.8 Å². The molecule has 2 aromatic rings. The summed E-state index contributed by atoms with van der Waals surface area (Å²) in [6, 6.07) is 5.99. The number of fused-ring (bicyclic) bond motifs is 1. The zero-order chi connectivity index (χ0) is 13.9. The van der Waals surface area contributed by atoms with Gasteiger partial charge >= 0.3 is 0 Å². The van der Waals surface area contributed by atoms with Crippen LogP contribution in [0.5, 0.6) is 0 Å². The van der Waals surface area contributed by atoms with E-state index in [1.165, 1.54) is 18.9 Å². The third-order valence-corrected chi connectivity index (χ3v) is 3.92. The van der Waals surface area contributed by atoms with Gasteiger partial charge in [0.25, 0.3) is 0 Å². The Morgan fingerprint density at radius 3 is 3.05 bits per heavy atom. The molecule has 3 rings (SSSR count). The summed E-state index contributed by atoms with van der Waals surface area (Å²) in [5, 5.41) is 4.35. The molecule has 1 atom stereocenters. The van der Waals surface area contributed by atoms with Crippen molar-refractivity contribution in [2.24, 2.45) is 0 Å². The second kappa shape index (κ2) is 5.94. The predicted molar refractivity (Wildman–Crippen MR) is 78.3 cm³/mol. The Labute approximate surface area is 118 Å². The van der Waals surface area contributed by atoms with E-state index in [9.17, 15) is 4.39 Å². The van der Waals surface area contributed by atoms with Gasteiger partial charge in [-0.05, 0) is 43.4 Å². The zero-order valence-corrected chi connectivity index (χ0v) is 11.8. The Morgan fingerprint density at radius 2 is 2.30 bits per heavy atom. The number of hydrogen-bond donors (Lipinski definition) is 2. The zero-order valence-electron chi connectivity index (χ0n) is 11.8. The fraction of sp³-hybridized carbons (Fsp3) is 0.500. The SMILES string of the molecule is COCCCC(NC1CC1)c1c[nH]c2cccc(F)c12. The maximum Gasteiger partial charge on any atom is 0.132 e. The smallest absolute Gasteiger partial charge is 0.132 e. The van der Waals surface area contributed by atoms with Crippen molar-refractivity contribution < 1.29 is 9.13 Å². The maximum absolute atomic E-state index is 14.1. The minimum absolute atomic E-state index is 0.145. The average molecular weight is 276 g/mol. The van der Waals surface area contributed by atoms with Crippen LogP contribution < -0.4 is 5.32 Å². The molecule has 4 heteroatoms. The molecule has 1 aliphatic carbocycles. The molecular formula is C16H21FN2O. The number of methoxy groups -OCH3 is 1. The van der Waals surface area contributed by atoms with Gasteiger partial charge in [0.1, 0.15) is 5.82 Å². The van der Waals surface area contributed by atoms with E-state index >= 15 is 0 Å². The summed E-state index contributed by atoms with van der Waals surface area (Å²) in [4.78, 5) is 3.18. The summed E-state index contributed by atoms with van der Waals surface area (Å²) in [7, 11) is 1.72. The highest BCUT2D eigenvalue weighted by Gasteiger charge is 2.27. The fourth-order valence-corrected chi connectivity index (χ4v) is 2.74. The third-order valence-electron chi connectivity index (χ3n) is 3.92. The topological polar surface area (TPSA) is 37.0 Å².